The lowest BCUT2D eigenvalue weighted by atomic mass is 10.0. The van der Waals surface area contributed by atoms with Gasteiger partial charge in [0.05, 0.1) is 31.2 Å². The van der Waals surface area contributed by atoms with Crippen LogP contribution in [0.4, 0.5) is 0 Å². The van der Waals surface area contributed by atoms with E-state index in [1.54, 1.807) is 11.2 Å². The van der Waals surface area contributed by atoms with Gasteiger partial charge in [0.25, 0.3) is 5.91 Å². The number of para-hydroxylation sites is 1. The van der Waals surface area contributed by atoms with Crippen LogP contribution in [-0.2, 0) is 24.8 Å². The number of hydrogen-bond donors (Lipinski definition) is 1. The Kier molecular flexibility index (Phi) is 4.11. The fourth-order valence-corrected chi connectivity index (χ4v) is 2.72. The van der Waals surface area contributed by atoms with Crippen LogP contribution in [0.2, 0.25) is 0 Å². The van der Waals surface area contributed by atoms with Gasteiger partial charge in [-0.1, -0.05) is 18.2 Å². The van der Waals surface area contributed by atoms with Crippen LogP contribution in [0, 0.1) is 0 Å². The number of ether oxygens (including phenoxy) is 1. The van der Waals surface area contributed by atoms with Crippen molar-refractivity contribution in [1.29, 1.82) is 0 Å². The number of hydrogen-bond acceptors (Lipinski definition) is 4. The minimum absolute atomic E-state index is 0.0390. The molecule has 0 bridgehead atoms. The molecule has 1 aliphatic rings. The number of carbonyl (C=O) groups excluding carboxylic acids is 1. The Morgan fingerprint density at radius 2 is 2.18 bits per heavy atom. The summed E-state index contributed by atoms with van der Waals surface area (Å²) in [5.41, 5.74) is 1.97. The quantitative estimate of drug-likeness (QED) is 0.904. The van der Waals surface area contributed by atoms with Gasteiger partial charge in [0.1, 0.15) is 5.75 Å². The summed E-state index contributed by atoms with van der Waals surface area (Å²) >= 11 is 0. The molecular weight excluding hydrogens is 282 g/mol. The minimum Gasteiger partial charge on any atom is -0.484 e. The van der Waals surface area contributed by atoms with Gasteiger partial charge in [0, 0.05) is 19.2 Å². The van der Waals surface area contributed by atoms with Gasteiger partial charge in [-0.05, 0) is 12.1 Å². The highest BCUT2D eigenvalue weighted by Gasteiger charge is 2.31. The highest BCUT2D eigenvalue weighted by atomic mass is 16.5. The Morgan fingerprint density at radius 1 is 1.41 bits per heavy atom. The van der Waals surface area contributed by atoms with Gasteiger partial charge >= 0.3 is 0 Å². The first-order chi connectivity index (χ1) is 10.7. The van der Waals surface area contributed by atoms with Crippen molar-refractivity contribution in [3.05, 3.63) is 48.0 Å². The molecule has 1 atom stereocenters. The molecule has 0 saturated heterocycles. The lowest BCUT2D eigenvalue weighted by Gasteiger charge is -2.34. The molecule has 0 saturated carbocycles. The zero-order valence-corrected chi connectivity index (χ0v) is 12.5. The van der Waals surface area contributed by atoms with Crippen LogP contribution >= 0.6 is 0 Å². The average molecular weight is 301 g/mol. The van der Waals surface area contributed by atoms with Gasteiger partial charge in [-0.3, -0.25) is 4.79 Å². The molecule has 116 valence electrons. The van der Waals surface area contributed by atoms with E-state index in [1.807, 2.05) is 41.9 Å². The molecule has 0 aliphatic carbocycles. The topological polar surface area (TPSA) is 67.6 Å². The van der Waals surface area contributed by atoms with Crippen LogP contribution in [-0.4, -0.2) is 44.7 Å². The lowest BCUT2D eigenvalue weighted by Crippen LogP contribution is -2.48. The van der Waals surface area contributed by atoms with Crippen LogP contribution in [0.3, 0.4) is 0 Å². The highest BCUT2D eigenvalue weighted by Crippen LogP contribution is 2.22. The predicted octanol–water partition coefficient (Wildman–Crippen LogP) is 0.745. The van der Waals surface area contributed by atoms with Crippen molar-refractivity contribution in [3.63, 3.8) is 0 Å². The van der Waals surface area contributed by atoms with E-state index in [1.165, 1.54) is 0 Å². The van der Waals surface area contributed by atoms with E-state index in [9.17, 15) is 9.90 Å². The second-order valence-corrected chi connectivity index (χ2v) is 5.41. The number of benzene rings is 1. The normalized spacial score (nSPS) is 17.2. The molecule has 1 aromatic heterocycles. The molecule has 6 nitrogen and oxygen atoms in total. The molecular formula is C16H19N3O3. The molecule has 1 aromatic carbocycles. The molecule has 0 unspecified atom stereocenters. The lowest BCUT2D eigenvalue weighted by molar-refractivity contribution is -0.138. The summed E-state index contributed by atoms with van der Waals surface area (Å²) in [6, 6.07) is 9.00. The number of aliphatic hydroxyl groups excluding tert-OH is 1. The summed E-state index contributed by atoms with van der Waals surface area (Å²) in [5, 5.41) is 9.59. The number of aromatic nitrogens is 2. The minimum atomic E-state index is -0.227. The van der Waals surface area contributed by atoms with Crippen LogP contribution in [0.1, 0.15) is 11.4 Å². The summed E-state index contributed by atoms with van der Waals surface area (Å²) in [6.07, 6.45) is 2.35. The van der Waals surface area contributed by atoms with Crippen LogP contribution in [0.15, 0.2) is 36.7 Å². The van der Waals surface area contributed by atoms with E-state index in [-0.39, 0.29) is 25.2 Å². The predicted molar refractivity (Wildman–Crippen MR) is 80.3 cm³/mol. The van der Waals surface area contributed by atoms with Crippen molar-refractivity contribution >= 4 is 5.91 Å². The van der Waals surface area contributed by atoms with Gasteiger partial charge in [-0.25, -0.2) is 4.98 Å². The Morgan fingerprint density at radius 3 is 2.91 bits per heavy atom. The third kappa shape index (κ3) is 2.82. The standard InChI is InChI=1S/C16H19N3O3/c1-18-11-17-14-8-19(12(9-20)7-15(14)18)16(21)10-22-13-5-3-2-4-6-13/h2-6,11-12,20H,7-10H2,1H3/t12-/m0/s1. The van der Waals surface area contributed by atoms with Crippen molar-refractivity contribution < 1.29 is 14.6 Å². The molecule has 1 amide bonds. The van der Waals surface area contributed by atoms with Crippen molar-refractivity contribution in [2.75, 3.05) is 13.2 Å². The summed E-state index contributed by atoms with van der Waals surface area (Å²) in [5.74, 6) is 0.520. The molecule has 22 heavy (non-hydrogen) atoms. The van der Waals surface area contributed by atoms with Gasteiger partial charge in [0.2, 0.25) is 0 Å². The smallest absolute Gasteiger partial charge is 0.261 e. The summed E-state index contributed by atoms with van der Waals surface area (Å²) < 4.78 is 7.45. The maximum atomic E-state index is 12.4. The molecule has 0 radical (unpaired) electrons. The van der Waals surface area contributed by atoms with E-state index in [0.717, 1.165) is 11.4 Å². The van der Waals surface area contributed by atoms with Crippen molar-refractivity contribution in [1.82, 2.24) is 14.5 Å². The molecule has 0 spiro atoms. The second kappa shape index (κ2) is 6.19. The van der Waals surface area contributed by atoms with Crippen LogP contribution < -0.4 is 4.74 Å². The number of amides is 1. The molecule has 1 aliphatic heterocycles. The summed E-state index contributed by atoms with van der Waals surface area (Å²) in [4.78, 5) is 18.4. The molecule has 3 rings (SSSR count). The fourth-order valence-electron chi connectivity index (χ4n) is 2.72. The Labute approximate surface area is 129 Å². The average Bonchev–Trinajstić information content (AvgIpc) is 2.93. The van der Waals surface area contributed by atoms with Crippen molar-refractivity contribution in [2.45, 2.75) is 19.0 Å². The van der Waals surface area contributed by atoms with E-state index in [2.05, 4.69) is 4.98 Å². The molecule has 6 heteroatoms. The van der Waals surface area contributed by atoms with Gasteiger partial charge < -0.3 is 19.3 Å². The summed E-state index contributed by atoms with van der Waals surface area (Å²) in [7, 11) is 1.93. The first-order valence-corrected chi connectivity index (χ1v) is 7.26. The zero-order valence-electron chi connectivity index (χ0n) is 12.5. The van der Waals surface area contributed by atoms with Gasteiger partial charge in [-0.2, -0.15) is 0 Å². The Balaban J connectivity index is 1.69. The van der Waals surface area contributed by atoms with Crippen molar-refractivity contribution in [2.24, 2.45) is 7.05 Å². The van der Waals surface area contributed by atoms with Gasteiger partial charge in [0.15, 0.2) is 6.61 Å². The van der Waals surface area contributed by atoms with Gasteiger partial charge in [-0.15, -0.1) is 0 Å². The third-order valence-electron chi connectivity index (χ3n) is 3.97. The maximum absolute atomic E-state index is 12.4. The number of imidazole rings is 1. The van der Waals surface area contributed by atoms with E-state index in [4.69, 9.17) is 4.74 Å². The van der Waals surface area contributed by atoms with E-state index < -0.39 is 0 Å². The molecule has 1 N–H and O–H groups in total. The number of fused-ring (bicyclic) bond motifs is 1. The number of rotatable bonds is 4. The maximum Gasteiger partial charge on any atom is 0.261 e. The highest BCUT2D eigenvalue weighted by molar-refractivity contribution is 5.78. The third-order valence-corrected chi connectivity index (χ3v) is 3.97. The van der Waals surface area contributed by atoms with Crippen molar-refractivity contribution in [3.8, 4) is 5.75 Å². The SMILES string of the molecule is Cn1cnc2c1C[C@@H](CO)N(C(=O)COc1ccccc1)C2. The van der Waals surface area contributed by atoms with Crippen LogP contribution in [0.25, 0.3) is 0 Å². The molecule has 2 aromatic rings. The zero-order chi connectivity index (χ0) is 15.5. The monoisotopic (exact) mass is 301 g/mol. The Bertz CT molecular complexity index is 654. The van der Waals surface area contributed by atoms with E-state index in [0.29, 0.717) is 18.7 Å². The number of nitrogens with zero attached hydrogens (tertiary/aromatic N) is 3. The second-order valence-electron chi connectivity index (χ2n) is 5.41. The Hall–Kier alpha value is -2.34. The van der Waals surface area contributed by atoms with E-state index >= 15 is 0 Å². The first kappa shape index (κ1) is 14.6. The number of carbonyl (C=O) groups is 1. The fraction of sp³-hybridized carbons (Fsp3) is 0.375. The molecule has 2 heterocycles. The molecule has 0 fully saturated rings. The number of aryl methyl sites for hydroxylation is 1. The first-order valence-electron chi connectivity index (χ1n) is 7.26. The van der Waals surface area contributed by atoms with Crippen LogP contribution in [0.5, 0.6) is 5.75 Å². The number of aliphatic hydroxyl groups is 1. The summed E-state index contributed by atoms with van der Waals surface area (Å²) in [6.45, 7) is 0.308. The largest absolute Gasteiger partial charge is 0.484 e.